The van der Waals surface area contributed by atoms with Gasteiger partial charge in [-0.3, -0.25) is 25.3 Å². The summed E-state index contributed by atoms with van der Waals surface area (Å²) in [6, 6.07) is 0. The fraction of sp³-hybridized carbons (Fsp3) is 0. The predicted octanol–water partition coefficient (Wildman–Crippen LogP) is -19.6. The third-order valence-electron chi connectivity index (χ3n) is 0. The van der Waals surface area contributed by atoms with E-state index in [1.165, 1.54) is 0 Å². The quantitative estimate of drug-likeness (QED) is 0.126. The maximum atomic E-state index is 8.52. The van der Waals surface area contributed by atoms with Gasteiger partial charge >= 0.3 is 39.6 Å². The Morgan fingerprint density at radius 1 is 0.229 bits per heavy atom. The van der Waals surface area contributed by atoms with Crippen molar-refractivity contribution in [2.24, 2.45) is 0 Å². The van der Waals surface area contributed by atoms with Crippen molar-refractivity contribution in [3.8, 4) is 0 Å². The molecule has 36 N–H and O–H groups in total. The molecule has 0 heterocycles. The minimum atomic E-state index is -5.17. The van der Waals surface area contributed by atoms with Crippen LogP contribution < -0.4 is 0 Å². The molecule has 30 nitrogen and oxygen atoms in total. The van der Waals surface area contributed by atoms with E-state index >= 15 is 0 Å². The largest absolute Gasteiger partial charge is 3.00 e. The third-order valence-corrected chi connectivity index (χ3v) is 0. The first-order valence-electron chi connectivity index (χ1n) is 2.00. The van der Waals surface area contributed by atoms with Crippen LogP contribution in [0, 0.1) is 0 Å². The van der Waals surface area contributed by atoms with Gasteiger partial charge in [0.2, 0.25) is 0 Å². The molecule has 0 aliphatic heterocycles. The molecule has 0 spiro atoms. The molecule has 0 unspecified atom stereocenters. The zero-order valence-electron chi connectivity index (χ0n) is 16.3. The molecule has 0 saturated heterocycles. The predicted molar refractivity (Wildman–Crippen MR) is 108 cm³/mol. The van der Waals surface area contributed by atoms with Gasteiger partial charge in [-0.2, -0.15) is 0 Å². The zero-order valence-corrected chi connectivity index (χ0v) is 23.6. The smallest absolute Gasteiger partial charge is 0.759 e. The SMILES string of the molecule is O.O.O.O.O.O.O.O.O.O.O.O.O.O.O.O.O.O.O=S(=O)([O-])[O-].O=S(=O)([O-])[O-].O=S(=O)([O-])[O-].[Ga+3].[Ga+3]. The Morgan fingerprint density at radius 3 is 0.229 bits per heavy atom. The first kappa shape index (κ1) is 277. The number of hydrogen-bond donors (Lipinski definition) is 0. The van der Waals surface area contributed by atoms with Crippen LogP contribution in [0.3, 0.4) is 0 Å². The Kier molecular flexibility index (Phi) is 903. The van der Waals surface area contributed by atoms with Gasteiger partial charge in [0.05, 0.1) is 0 Å². The Morgan fingerprint density at radius 2 is 0.229 bits per heavy atom. The van der Waals surface area contributed by atoms with Gasteiger partial charge in [-0.25, -0.2) is 0 Å². The standard InChI is InChI=1S/2Ga.3H2O4S.18H2O/c;;3*1-5(2,3)4;;;;;;;;;;;;;;;;;;/h;;3*(H2,1,2,3,4);18*1H2/q2*+3;;;;;;;;;;;;;;;;;;;;;/p-6. The van der Waals surface area contributed by atoms with Crippen LogP contribution >= 0.6 is 0 Å². The monoisotopic (exact) mass is 750 g/mol. The summed E-state index contributed by atoms with van der Waals surface area (Å²) < 4.78 is 102. The summed E-state index contributed by atoms with van der Waals surface area (Å²) in [4.78, 5) is 0. The molecule has 35 heavy (non-hydrogen) atoms. The van der Waals surface area contributed by atoms with Crippen LogP contribution in [0.15, 0.2) is 0 Å². The summed E-state index contributed by atoms with van der Waals surface area (Å²) in [5.41, 5.74) is 0. The van der Waals surface area contributed by atoms with Crippen LogP contribution in [-0.2, 0) is 31.2 Å². The van der Waals surface area contributed by atoms with E-state index in [2.05, 4.69) is 0 Å². The summed E-state index contributed by atoms with van der Waals surface area (Å²) in [7, 11) is -15.5. The molecule has 0 atom stereocenters. The van der Waals surface area contributed by atoms with Crippen molar-refractivity contribution in [1.29, 1.82) is 0 Å². The van der Waals surface area contributed by atoms with E-state index in [9.17, 15) is 0 Å². The average Bonchev–Trinajstić information content (AvgIpc) is 1.41. The third kappa shape index (κ3) is 1330000. The molecule has 0 rings (SSSR count). The Balaban J connectivity index is -0.00000000229. The van der Waals surface area contributed by atoms with E-state index < -0.39 is 31.2 Å². The molecule has 0 saturated carbocycles. The zero-order chi connectivity index (χ0) is 13.5. The second-order valence-corrected chi connectivity index (χ2v) is 3.67. The summed E-state index contributed by atoms with van der Waals surface area (Å²) >= 11 is 0. The molecule has 240 valence electrons. The van der Waals surface area contributed by atoms with Gasteiger partial charge in [0, 0.05) is 31.2 Å². The van der Waals surface area contributed by atoms with Gasteiger partial charge in [-0.05, 0) is 0 Å². The topological polar surface area (TPSA) is 808 Å². The molecule has 0 radical (unpaired) electrons. The van der Waals surface area contributed by atoms with E-state index in [4.69, 9.17) is 52.6 Å². The van der Waals surface area contributed by atoms with Crippen LogP contribution in [0.2, 0.25) is 0 Å². The summed E-state index contributed by atoms with van der Waals surface area (Å²) in [6.45, 7) is 0. The van der Waals surface area contributed by atoms with E-state index in [-0.39, 0.29) is 138 Å². The van der Waals surface area contributed by atoms with Crippen molar-refractivity contribution in [3.05, 3.63) is 0 Å². The van der Waals surface area contributed by atoms with Crippen molar-refractivity contribution in [2.45, 2.75) is 0 Å². The maximum absolute atomic E-state index is 8.52. The van der Waals surface area contributed by atoms with Gasteiger partial charge in [0.25, 0.3) is 0 Å². The normalized spacial score (nSPS) is 4.97. The fourth-order valence-electron chi connectivity index (χ4n) is 0. The van der Waals surface area contributed by atoms with Crippen LogP contribution in [0.4, 0.5) is 0 Å². The molecule has 0 aromatic carbocycles. The average molecular weight is 752 g/mol. The fourth-order valence-corrected chi connectivity index (χ4v) is 0. The molecule has 0 aromatic rings. The minimum absolute atomic E-state index is 0. The molecule has 0 amide bonds. The summed E-state index contributed by atoms with van der Waals surface area (Å²) in [5, 5.41) is 0. The van der Waals surface area contributed by atoms with Crippen molar-refractivity contribution in [1.82, 2.24) is 0 Å². The van der Waals surface area contributed by atoms with Crippen LogP contribution in [0.25, 0.3) is 0 Å². The molecular formula is H36Ga2O30S3. The molecule has 0 bridgehead atoms. The van der Waals surface area contributed by atoms with E-state index in [1.54, 1.807) is 0 Å². The van der Waals surface area contributed by atoms with Crippen molar-refractivity contribution >= 4 is 70.8 Å². The van der Waals surface area contributed by atoms with Crippen molar-refractivity contribution in [2.75, 3.05) is 0 Å². The first-order valence-corrected chi connectivity index (χ1v) is 6.00. The van der Waals surface area contributed by atoms with E-state index in [0.717, 1.165) is 0 Å². The number of rotatable bonds is 0. The van der Waals surface area contributed by atoms with Gasteiger partial charge in [0.1, 0.15) is 0 Å². The Bertz CT molecular complexity index is 347. The van der Waals surface area contributed by atoms with Gasteiger partial charge in [-0.15, -0.1) is 0 Å². The minimum Gasteiger partial charge on any atom is -0.759 e. The summed E-state index contributed by atoms with van der Waals surface area (Å²) in [6.07, 6.45) is 0. The molecule has 0 aromatic heterocycles. The van der Waals surface area contributed by atoms with Gasteiger partial charge < -0.3 is 126 Å². The second-order valence-electron chi connectivity index (χ2n) is 1.22. The molecule has 0 aliphatic rings. The molecular weight excluding hydrogens is 716 g/mol. The Hall–Kier alpha value is 0.163. The van der Waals surface area contributed by atoms with E-state index in [0.29, 0.717) is 0 Å². The second kappa shape index (κ2) is 114. The maximum Gasteiger partial charge on any atom is 3.00 e. The molecule has 0 aliphatic carbocycles. The Labute approximate surface area is 221 Å². The van der Waals surface area contributed by atoms with Crippen LogP contribution in [-0.4, -0.2) is 191 Å². The number of hydrogen-bond acceptors (Lipinski definition) is 12. The van der Waals surface area contributed by atoms with Crippen molar-refractivity contribution < 1.29 is 151 Å². The van der Waals surface area contributed by atoms with Crippen LogP contribution in [0.5, 0.6) is 0 Å². The van der Waals surface area contributed by atoms with Gasteiger partial charge in [-0.1, -0.05) is 0 Å². The first-order chi connectivity index (χ1) is 6.00. The van der Waals surface area contributed by atoms with Crippen LogP contribution in [0.1, 0.15) is 0 Å². The van der Waals surface area contributed by atoms with E-state index in [1.807, 2.05) is 0 Å². The summed E-state index contributed by atoms with van der Waals surface area (Å²) in [5.74, 6) is 0. The van der Waals surface area contributed by atoms with Gasteiger partial charge in [0.15, 0.2) is 0 Å². The molecule has 0 fully saturated rings. The van der Waals surface area contributed by atoms with Crippen molar-refractivity contribution in [3.63, 3.8) is 0 Å². The molecule has 35 heteroatoms.